The quantitative estimate of drug-likeness (QED) is 0.781. The molecular formula is C12H24N2O2. The number of carbonyl (C=O) groups is 1. The van der Waals surface area contributed by atoms with E-state index in [1.165, 1.54) is 0 Å². The largest absolute Gasteiger partial charge is 0.372 e. The first-order chi connectivity index (χ1) is 7.54. The molecule has 1 saturated heterocycles. The summed E-state index contributed by atoms with van der Waals surface area (Å²) < 4.78 is 4.99. The number of methoxy groups -OCH3 is 1. The van der Waals surface area contributed by atoms with E-state index in [1.54, 1.807) is 14.0 Å². The molecule has 4 heteroatoms. The molecule has 0 bridgehead atoms. The molecule has 0 saturated carbocycles. The van der Waals surface area contributed by atoms with Gasteiger partial charge in [0.05, 0.1) is 0 Å². The molecule has 1 fully saturated rings. The minimum absolute atomic E-state index is 0.00509. The first-order valence-corrected chi connectivity index (χ1v) is 6.11. The van der Waals surface area contributed by atoms with E-state index in [-0.39, 0.29) is 12.0 Å². The molecule has 0 aromatic carbocycles. The van der Waals surface area contributed by atoms with E-state index in [9.17, 15) is 4.79 Å². The lowest BCUT2D eigenvalue weighted by molar-refractivity contribution is -0.131. The Morgan fingerprint density at radius 3 is 2.31 bits per heavy atom. The Morgan fingerprint density at radius 2 is 1.88 bits per heavy atom. The van der Waals surface area contributed by atoms with Crippen molar-refractivity contribution in [2.24, 2.45) is 0 Å². The number of nitrogens with zero attached hydrogens (tertiary/aromatic N) is 1. The van der Waals surface area contributed by atoms with Gasteiger partial charge in [0.25, 0.3) is 0 Å². The highest BCUT2D eigenvalue weighted by atomic mass is 16.5. The molecule has 0 spiro atoms. The summed E-state index contributed by atoms with van der Waals surface area (Å²) in [5.74, 6) is 0.00509. The Morgan fingerprint density at radius 1 is 1.31 bits per heavy atom. The van der Waals surface area contributed by atoms with Crippen LogP contribution in [0.4, 0.5) is 0 Å². The molecule has 1 amide bonds. The molecular weight excluding hydrogens is 204 g/mol. The summed E-state index contributed by atoms with van der Waals surface area (Å²) in [4.78, 5) is 14.1. The lowest BCUT2D eigenvalue weighted by Crippen LogP contribution is -2.48. The van der Waals surface area contributed by atoms with Crippen molar-refractivity contribution in [3.8, 4) is 0 Å². The number of likely N-dealkylation sites (tertiary alicyclic amines) is 1. The molecule has 1 N–H and O–H groups in total. The zero-order chi connectivity index (χ0) is 12.1. The zero-order valence-electron chi connectivity index (χ0n) is 10.8. The Labute approximate surface area is 98.3 Å². The number of hydrogen-bond donors (Lipinski definition) is 1. The summed E-state index contributed by atoms with van der Waals surface area (Å²) >= 11 is 0. The van der Waals surface area contributed by atoms with Gasteiger partial charge in [-0.15, -0.1) is 0 Å². The molecule has 1 aliphatic rings. The highest BCUT2D eigenvalue weighted by molar-refractivity contribution is 5.80. The molecule has 1 atom stereocenters. The summed E-state index contributed by atoms with van der Waals surface area (Å²) in [5, 5.41) is 3.04. The smallest absolute Gasteiger partial charge is 0.249 e. The van der Waals surface area contributed by atoms with Crippen LogP contribution in [0, 0.1) is 0 Å². The second-order valence-electron chi connectivity index (χ2n) is 4.79. The van der Waals surface area contributed by atoms with E-state index >= 15 is 0 Å². The molecule has 1 heterocycles. The molecule has 0 aromatic rings. The molecule has 1 rings (SSSR count). The number of carbonyl (C=O) groups excluding carboxylic acids is 1. The van der Waals surface area contributed by atoms with Crippen molar-refractivity contribution >= 4 is 5.91 Å². The number of ether oxygens (including phenoxy) is 1. The average Bonchev–Trinajstić information content (AvgIpc) is 2.28. The van der Waals surface area contributed by atoms with Crippen molar-refractivity contribution in [3.05, 3.63) is 0 Å². The second kappa shape index (κ2) is 6.21. The third-order valence-corrected chi connectivity index (χ3v) is 3.33. The fourth-order valence-electron chi connectivity index (χ4n) is 1.99. The van der Waals surface area contributed by atoms with Gasteiger partial charge in [0.15, 0.2) is 0 Å². The zero-order valence-corrected chi connectivity index (χ0v) is 10.8. The van der Waals surface area contributed by atoms with Crippen LogP contribution in [0.5, 0.6) is 0 Å². The Kier molecular flexibility index (Phi) is 5.22. The van der Waals surface area contributed by atoms with Gasteiger partial charge in [0, 0.05) is 32.3 Å². The first-order valence-electron chi connectivity index (χ1n) is 6.11. The number of hydrogen-bond acceptors (Lipinski definition) is 3. The van der Waals surface area contributed by atoms with Crippen LogP contribution in [-0.4, -0.2) is 49.2 Å². The summed E-state index contributed by atoms with van der Waals surface area (Å²) in [7, 11) is 1.56. The van der Waals surface area contributed by atoms with E-state index < -0.39 is 0 Å². The predicted molar refractivity (Wildman–Crippen MR) is 64.3 cm³/mol. The van der Waals surface area contributed by atoms with Gasteiger partial charge in [-0.3, -0.25) is 4.79 Å². The molecule has 1 unspecified atom stereocenters. The van der Waals surface area contributed by atoms with Gasteiger partial charge in [-0.05, 0) is 33.6 Å². The van der Waals surface area contributed by atoms with Crippen molar-refractivity contribution in [2.45, 2.75) is 51.8 Å². The molecule has 4 nitrogen and oxygen atoms in total. The summed E-state index contributed by atoms with van der Waals surface area (Å²) in [6.07, 6.45) is 1.74. The van der Waals surface area contributed by atoms with Gasteiger partial charge in [0.2, 0.25) is 5.91 Å². The molecule has 0 aliphatic carbocycles. The van der Waals surface area contributed by atoms with Gasteiger partial charge >= 0.3 is 0 Å². The third-order valence-electron chi connectivity index (χ3n) is 3.33. The van der Waals surface area contributed by atoms with Crippen LogP contribution in [0.15, 0.2) is 0 Å². The molecule has 16 heavy (non-hydrogen) atoms. The lowest BCUT2D eigenvalue weighted by atomic mass is 10.0. The van der Waals surface area contributed by atoms with Crippen molar-refractivity contribution in [2.75, 3.05) is 20.2 Å². The van der Waals surface area contributed by atoms with E-state index in [0.717, 1.165) is 25.9 Å². The fourth-order valence-corrected chi connectivity index (χ4v) is 1.99. The van der Waals surface area contributed by atoms with Crippen molar-refractivity contribution in [1.82, 2.24) is 10.2 Å². The maximum absolute atomic E-state index is 11.6. The Balaban J connectivity index is 2.29. The number of amides is 1. The summed E-state index contributed by atoms with van der Waals surface area (Å²) in [6, 6.07) is 0.926. The van der Waals surface area contributed by atoms with Gasteiger partial charge < -0.3 is 15.0 Å². The average molecular weight is 228 g/mol. The number of piperidine rings is 1. The fraction of sp³-hybridized carbons (Fsp3) is 0.917. The van der Waals surface area contributed by atoms with E-state index in [0.29, 0.717) is 12.1 Å². The Hall–Kier alpha value is -0.610. The third kappa shape index (κ3) is 3.76. The topological polar surface area (TPSA) is 41.6 Å². The van der Waals surface area contributed by atoms with E-state index in [2.05, 4.69) is 24.1 Å². The van der Waals surface area contributed by atoms with E-state index in [1.807, 2.05) is 0 Å². The number of rotatable bonds is 4. The highest BCUT2D eigenvalue weighted by Gasteiger charge is 2.23. The summed E-state index contributed by atoms with van der Waals surface area (Å²) in [5.41, 5.74) is 0. The maximum atomic E-state index is 11.6. The summed E-state index contributed by atoms with van der Waals surface area (Å²) in [6.45, 7) is 8.35. The van der Waals surface area contributed by atoms with Gasteiger partial charge in [0.1, 0.15) is 6.10 Å². The van der Waals surface area contributed by atoms with Crippen LogP contribution in [0.2, 0.25) is 0 Å². The van der Waals surface area contributed by atoms with Gasteiger partial charge in [-0.25, -0.2) is 0 Å². The Bertz CT molecular complexity index is 223. The lowest BCUT2D eigenvalue weighted by Gasteiger charge is -2.35. The van der Waals surface area contributed by atoms with Crippen LogP contribution >= 0.6 is 0 Å². The van der Waals surface area contributed by atoms with Gasteiger partial charge in [-0.1, -0.05) is 0 Å². The van der Waals surface area contributed by atoms with Crippen LogP contribution in [-0.2, 0) is 9.53 Å². The van der Waals surface area contributed by atoms with Crippen LogP contribution in [0.1, 0.15) is 33.6 Å². The molecule has 0 radical (unpaired) electrons. The first kappa shape index (κ1) is 13.5. The minimum atomic E-state index is -0.344. The molecule has 1 aliphatic heterocycles. The van der Waals surface area contributed by atoms with Crippen molar-refractivity contribution < 1.29 is 9.53 Å². The molecule has 0 aromatic heterocycles. The van der Waals surface area contributed by atoms with Crippen LogP contribution < -0.4 is 5.32 Å². The number of nitrogens with one attached hydrogen (secondary N) is 1. The van der Waals surface area contributed by atoms with Gasteiger partial charge in [-0.2, -0.15) is 0 Å². The standard InChI is InChI=1S/C12H24N2O2/c1-9(2)14-7-5-11(6-8-14)13-12(15)10(3)16-4/h9-11H,5-8H2,1-4H3,(H,13,15). The van der Waals surface area contributed by atoms with Crippen LogP contribution in [0.25, 0.3) is 0 Å². The minimum Gasteiger partial charge on any atom is -0.372 e. The maximum Gasteiger partial charge on any atom is 0.249 e. The predicted octanol–water partition coefficient (Wildman–Crippen LogP) is 1.01. The van der Waals surface area contributed by atoms with Crippen molar-refractivity contribution in [3.63, 3.8) is 0 Å². The highest BCUT2D eigenvalue weighted by Crippen LogP contribution is 2.13. The van der Waals surface area contributed by atoms with E-state index in [4.69, 9.17) is 4.74 Å². The second-order valence-corrected chi connectivity index (χ2v) is 4.79. The van der Waals surface area contributed by atoms with Crippen molar-refractivity contribution in [1.29, 1.82) is 0 Å². The SMILES string of the molecule is COC(C)C(=O)NC1CCN(C(C)C)CC1. The normalized spacial score (nSPS) is 21.1. The molecule has 94 valence electrons. The van der Waals surface area contributed by atoms with Crippen LogP contribution in [0.3, 0.4) is 0 Å². The monoisotopic (exact) mass is 228 g/mol.